The minimum Gasteiger partial charge on any atom is -0.504 e. The minimum atomic E-state index is -0.852. The van der Waals surface area contributed by atoms with Crippen LogP contribution in [0.15, 0.2) is 87.8 Å². The summed E-state index contributed by atoms with van der Waals surface area (Å²) in [5.41, 5.74) is 2.60. The Morgan fingerprint density at radius 3 is 2.53 bits per heavy atom. The van der Waals surface area contributed by atoms with Gasteiger partial charge in [0.15, 0.2) is 27.8 Å². The number of aromatic nitrogens is 1. The van der Waals surface area contributed by atoms with Crippen LogP contribution >= 0.6 is 11.3 Å². The molecule has 1 aliphatic heterocycles. The second kappa shape index (κ2) is 14.3. The molecule has 1 unspecified atom stereocenters. The van der Waals surface area contributed by atoms with E-state index in [4.69, 9.17) is 23.7 Å². The first kappa shape index (κ1) is 31.6. The molecule has 0 bridgehead atoms. The molecule has 0 saturated heterocycles. The fourth-order valence-electron chi connectivity index (χ4n) is 4.95. The average molecular weight is 631 g/mol. The van der Waals surface area contributed by atoms with Crippen LogP contribution in [-0.4, -0.2) is 49.7 Å². The molecule has 0 aliphatic carbocycles. The molecule has 0 amide bonds. The summed E-state index contributed by atoms with van der Waals surface area (Å²) in [4.78, 5) is 32.6. The Labute approximate surface area is 264 Å². The second-order valence-corrected chi connectivity index (χ2v) is 11.1. The number of phenols is 1. The lowest BCUT2D eigenvalue weighted by molar-refractivity contribution is -0.140. The molecular formula is C34H34N2O8S. The van der Waals surface area contributed by atoms with Gasteiger partial charge in [-0.05, 0) is 60.9 Å². The van der Waals surface area contributed by atoms with Gasteiger partial charge in [-0.3, -0.25) is 9.36 Å². The summed E-state index contributed by atoms with van der Waals surface area (Å²) in [6.45, 7) is 4.52. The van der Waals surface area contributed by atoms with Crippen LogP contribution in [0.4, 0.5) is 0 Å². The van der Waals surface area contributed by atoms with E-state index < -0.39 is 12.0 Å². The summed E-state index contributed by atoms with van der Waals surface area (Å²) < 4.78 is 29.7. The maximum absolute atomic E-state index is 14.0. The van der Waals surface area contributed by atoms with Crippen molar-refractivity contribution in [1.82, 2.24) is 4.57 Å². The Morgan fingerprint density at radius 1 is 1.00 bits per heavy atom. The fraction of sp³-hybridized carbons (Fsp3) is 0.265. The number of rotatable bonds is 12. The first-order valence-corrected chi connectivity index (χ1v) is 15.1. The number of esters is 1. The van der Waals surface area contributed by atoms with E-state index in [0.29, 0.717) is 56.6 Å². The van der Waals surface area contributed by atoms with E-state index in [2.05, 4.69) is 4.99 Å². The van der Waals surface area contributed by atoms with E-state index in [9.17, 15) is 14.7 Å². The molecule has 3 aromatic carbocycles. The molecule has 2 heterocycles. The Morgan fingerprint density at radius 2 is 1.80 bits per heavy atom. The van der Waals surface area contributed by atoms with Crippen molar-refractivity contribution in [3.63, 3.8) is 0 Å². The number of methoxy groups -OCH3 is 2. The highest BCUT2D eigenvalue weighted by atomic mass is 32.1. The monoisotopic (exact) mass is 630 g/mol. The predicted molar refractivity (Wildman–Crippen MR) is 170 cm³/mol. The quantitative estimate of drug-likeness (QED) is 0.184. The van der Waals surface area contributed by atoms with Gasteiger partial charge in [0, 0.05) is 7.11 Å². The first-order chi connectivity index (χ1) is 21.8. The molecule has 1 aromatic heterocycles. The Bertz CT molecular complexity index is 1900. The summed E-state index contributed by atoms with van der Waals surface area (Å²) in [6, 6.07) is 19.1. The molecule has 0 fully saturated rings. The van der Waals surface area contributed by atoms with Crippen molar-refractivity contribution in [2.75, 3.05) is 34.0 Å². The molecular weight excluding hydrogens is 596 g/mol. The molecule has 11 heteroatoms. The van der Waals surface area contributed by atoms with Crippen molar-refractivity contribution in [3.8, 4) is 23.0 Å². The zero-order valence-electron chi connectivity index (χ0n) is 25.4. The third-order valence-electron chi connectivity index (χ3n) is 7.08. The van der Waals surface area contributed by atoms with Crippen LogP contribution in [0.2, 0.25) is 0 Å². The lowest BCUT2D eigenvalue weighted by atomic mass is 9.95. The van der Waals surface area contributed by atoms with Gasteiger partial charge in [0.1, 0.15) is 13.2 Å². The molecule has 1 N–H and O–H groups in total. The Balaban J connectivity index is 1.60. The topological polar surface area (TPSA) is 118 Å². The van der Waals surface area contributed by atoms with Crippen LogP contribution in [0.25, 0.3) is 6.08 Å². The Hall–Kier alpha value is -4.87. The van der Waals surface area contributed by atoms with Crippen molar-refractivity contribution < 1.29 is 33.6 Å². The molecule has 4 aromatic rings. The van der Waals surface area contributed by atoms with Crippen molar-refractivity contribution in [2.24, 2.45) is 4.99 Å². The van der Waals surface area contributed by atoms with Crippen LogP contribution in [0.1, 0.15) is 36.6 Å². The summed E-state index contributed by atoms with van der Waals surface area (Å²) in [5.74, 6) is 0.680. The van der Waals surface area contributed by atoms with Gasteiger partial charge in [0.2, 0.25) is 0 Å². The summed E-state index contributed by atoms with van der Waals surface area (Å²) in [7, 11) is 3.06. The molecule has 45 heavy (non-hydrogen) atoms. The average Bonchev–Trinajstić information content (AvgIpc) is 3.35. The standard InChI is InChI=1S/C34H34N2O8S/c1-5-42-27-17-23(11-13-25(27)37)18-29-32(38)36-31(30(21(2)35-34(36)45-29)33(39)43-16-15-40-3)24-12-14-26(28(19-24)41-4)44-20-22-9-7-6-8-10-22/h6-14,17-19,31,37H,5,15-16,20H2,1-4H3. The molecule has 1 atom stereocenters. The van der Waals surface area contributed by atoms with Crippen LogP contribution < -0.4 is 29.1 Å². The van der Waals surface area contributed by atoms with Crippen molar-refractivity contribution in [1.29, 1.82) is 0 Å². The van der Waals surface area contributed by atoms with E-state index in [1.165, 1.54) is 36.2 Å². The highest BCUT2D eigenvalue weighted by molar-refractivity contribution is 7.07. The van der Waals surface area contributed by atoms with Gasteiger partial charge in [-0.2, -0.15) is 0 Å². The van der Waals surface area contributed by atoms with E-state index in [-0.39, 0.29) is 30.1 Å². The van der Waals surface area contributed by atoms with Gasteiger partial charge < -0.3 is 28.8 Å². The summed E-state index contributed by atoms with van der Waals surface area (Å²) in [5, 5.41) is 10.1. The molecule has 0 radical (unpaired) electrons. The number of carbonyl (C=O) groups is 1. The van der Waals surface area contributed by atoms with Crippen molar-refractivity contribution >= 4 is 23.4 Å². The van der Waals surface area contributed by atoms with E-state index in [1.54, 1.807) is 43.3 Å². The van der Waals surface area contributed by atoms with Crippen molar-refractivity contribution in [3.05, 3.63) is 114 Å². The van der Waals surface area contributed by atoms with E-state index >= 15 is 0 Å². The number of ether oxygens (including phenoxy) is 5. The van der Waals surface area contributed by atoms with Gasteiger partial charge >= 0.3 is 5.97 Å². The summed E-state index contributed by atoms with van der Waals surface area (Å²) in [6.07, 6.45) is 1.71. The van der Waals surface area contributed by atoms with Gasteiger partial charge in [-0.25, -0.2) is 9.79 Å². The lowest BCUT2D eigenvalue weighted by Crippen LogP contribution is -2.40. The number of hydrogen-bond donors (Lipinski definition) is 1. The minimum absolute atomic E-state index is 0.00727. The zero-order valence-corrected chi connectivity index (χ0v) is 26.3. The van der Waals surface area contributed by atoms with Gasteiger partial charge in [0.05, 0.1) is 42.2 Å². The highest BCUT2D eigenvalue weighted by Crippen LogP contribution is 2.36. The number of benzene rings is 3. The third-order valence-corrected chi connectivity index (χ3v) is 8.07. The molecule has 10 nitrogen and oxygen atoms in total. The van der Waals surface area contributed by atoms with Gasteiger partial charge in [0.25, 0.3) is 5.56 Å². The Kier molecular flexibility index (Phi) is 10.0. The first-order valence-electron chi connectivity index (χ1n) is 14.3. The zero-order chi connectivity index (χ0) is 31.9. The SMILES string of the molecule is CCOc1cc(C=c2sc3n(c2=O)C(c2ccc(OCc4ccccc4)c(OC)c2)C(C(=O)OCCOC)=C(C)N=3)ccc1O. The lowest BCUT2D eigenvalue weighted by Gasteiger charge is -2.25. The van der Waals surface area contributed by atoms with Crippen molar-refractivity contribution in [2.45, 2.75) is 26.5 Å². The van der Waals surface area contributed by atoms with Crippen LogP contribution in [-0.2, 0) is 20.9 Å². The molecule has 1 aliphatic rings. The number of phenolic OH excluding ortho intramolecular Hbond substituents is 1. The van der Waals surface area contributed by atoms with Crippen LogP contribution in [0, 0.1) is 0 Å². The maximum atomic E-state index is 14.0. The van der Waals surface area contributed by atoms with Gasteiger partial charge in [-0.15, -0.1) is 0 Å². The van der Waals surface area contributed by atoms with Crippen LogP contribution in [0.3, 0.4) is 0 Å². The number of thiazole rings is 1. The van der Waals surface area contributed by atoms with E-state index in [0.717, 1.165) is 5.56 Å². The molecule has 5 rings (SSSR count). The number of allylic oxidation sites excluding steroid dienone is 1. The normalized spacial score (nSPS) is 14.5. The summed E-state index contributed by atoms with van der Waals surface area (Å²) >= 11 is 1.20. The number of hydrogen-bond acceptors (Lipinski definition) is 10. The molecule has 0 spiro atoms. The smallest absolute Gasteiger partial charge is 0.338 e. The third kappa shape index (κ3) is 6.95. The second-order valence-electron chi connectivity index (χ2n) is 10.1. The number of carbonyl (C=O) groups excluding carboxylic acids is 1. The highest BCUT2D eigenvalue weighted by Gasteiger charge is 2.34. The maximum Gasteiger partial charge on any atom is 0.338 e. The van der Waals surface area contributed by atoms with Gasteiger partial charge in [-0.1, -0.05) is 53.8 Å². The molecule has 234 valence electrons. The largest absolute Gasteiger partial charge is 0.504 e. The fourth-order valence-corrected chi connectivity index (χ4v) is 5.99. The van der Waals surface area contributed by atoms with Crippen LogP contribution in [0.5, 0.6) is 23.0 Å². The number of aromatic hydroxyl groups is 1. The molecule has 0 saturated carbocycles. The number of fused-ring (bicyclic) bond motifs is 1. The van der Waals surface area contributed by atoms with E-state index in [1.807, 2.05) is 37.3 Å². The predicted octanol–water partition coefficient (Wildman–Crippen LogP) is 4.12. The number of nitrogens with zero attached hydrogens (tertiary/aromatic N) is 2.